The number of nitrogens with one attached hydrogen (secondary N) is 1. The average molecular weight is 224 g/mol. The molecule has 0 radical (unpaired) electrons. The SMILES string of the molecule is CC1N2C(=O)C[C@H]2SC1(C)c1cn[nH]n1. The van der Waals surface area contributed by atoms with Gasteiger partial charge < -0.3 is 4.90 Å². The second-order valence-corrected chi connectivity index (χ2v) is 5.84. The van der Waals surface area contributed by atoms with E-state index >= 15 is 0 Å². The van der Waals surface area contributed by atoms with E-state index in [0.717, 1.165) is 5.69 Å². The van der Waals surface area contributed by atoms with E-state index in [2.05, 4.69) is 29.3 Å². The molecular formula is C9H12N4OS. The summed E-state index contributed by atoms with van der Waals surface area (Å²) >= 11 is 1.81. The number of carbonyl (C=O) groups excluding carboxylic acids is 1. The van der Waals surface area contributed by atoms with Crippen molar-refractivity contribution in [2.45, 2.75) is 36.4 Å². The Balaban J connectivity index is 1.98. The van der Waals surface area contributed by atoms with Crippen molar-refractivity contribution in [3.05, 3.63) is 11.9 Å². The highest BCUT2D eigenvalue weighted by Crippen LogP contribution is 2.55. The van der Waals surface area contributed by atoms with Crippen LogP contribution in [0.1, 0.15) is 26.0 Å². The zero-order valence-electron chi connectivity index (χ0n) is 8.60. The summed E-state index contributed by atoms with van der Waals surface area (Å²) < 4.78 is -0.121. The summed E-state index contributed by atoms with van der Waals surface area (Å²) in [7, 11) is 0. The molecule has 3 atom stereocenters. The van der Waals surface area contributed by atoms with Gasteiger partial charge in [-0.05, 0) is 13.8 Å². The first kappa shape index (κ1) is 9.21. The van der Waals surface area contributed by atoms with Gasteiger partial charge in [-0.25, -0.2) is 0 Å². The molecule has 0 aliphatic carbocycles. The highest BCUT2D eigenvalue weighted by molar-refractivity contribution is 8.01. The molecular weight excluding hydrogens is 212 g/mol. The number of rotatable bonds is 1. The van der Waals surface area contributed by atoms with Crippen LogP contribution in [0.2, 0.25) is 0 Å². The second-order valence-electron chi connectivity index (χ2n) is 4.22. The average Bonchev–Trinajstić information content (AvgIpc) is 2.74. The fraction of sp³-hybridized carbons (Fsp3) is 0.667. The van der Waals surface area contributed by atoms with Crippen LogP contribution in [0, 0.1) is 0 Å². The molecule has 15 heavy (non-hydrogen) atoms. The molecule has 0 bridgehead atoms. The van der Waals surface area contributed by atoms with Gasteiger partial charge >= 0.3 is 0 Å². The van der Waals surface area contributed by atoms with E-state index in [0.29, 0.717) is 11.8 Å². The van der Waals surface area contributed by atoms with Gasteiger partial charge in [-0.15, -0.1) is 11.8 Å². The third kappa shape index (κ3) is 1.03. The van der Waals surface area contributed by atoms with Gasteiger partial charge in [-0.2, -0.15) is 15.4 Å². The Morgan fingerprint density at radius 3 is 3.07 bits per heavy atom. The summed E-state index contributed by atoms with van der Waals surface area (Å²) in [4.78, 5) is 13.4. The lowest BCUT2D eigenvalue weighted by molar-refractivity contribution is -0.143. The number of fused-ring (bicyclic) bond motifs is 1. The minimum atomic E-state index is -0.121. The lowest BCUT2D eigenvalue weighted by Gasteiger charge is -2.37. The first-order chi connectivity index (χ1) is 7.13. The van der Waals surface area contributed by atoms with E-state index in [1.165, 1.54) is 0 Å². The van der Waals surface area contributed by atoms with Gasteiger partial charge in [0, 0.05) is 0 Å². The highest BCUT2D eigenvalue weighted by Gasteiger charge is 2.57. The fourth-order valence-corrected chi connectivity index (χ4v) is 4.06. The van der Waals surface area contributed by atoms with Crippen molar-refractivity contribution in [2.24, 2.45) is 0 Å². The lowest BCUT2D eigenvalue weighted by atomic mass is 9.95. The Hall–Kier alpha value is -1.04. The molecule has 0 saturated carbocycles. The number of aromatic amines is 1. The smallest absolute Gasteiger partial charge is 0.226 e. The van der Waals surface area contributed by atoms with Crippen LogP contribution in [-0.2, 0) is 9.54 Å². The van der Waals surface area contributed by atoms with E-state index in [-0.39, 0.29) is 16.7 Å². The quantitative estimate of drug-likeness (QED) is 0.714. The van der Waals surface area contributed by atoms with Crippen LogP contribution in [0.15, 0.2) is 6.20 Å². The first-order valence-electron chi connectivity index (χ1n) is 4.98. The highest BCUT2D eigenvalue weighted by atomic mass is 32.2. The molecule has 0 spiro atoms. The third-order valence-corrected chi connectivity index (χ3v) is 5.17. The molecule has 2 aliphatic rings. The molecule has 2 fully saturated rings. The molecule has 6 heteroatoms. The number of β-lactam (4-membered cyclic amide) rings is 1. The number of aromatic nitrogens is 3. The maximum absolute atomic E-state index is 11.4. The molecule has 1 amide bonds. The Morgan fingerprint density at radius 1 is 1.73 bits per heavy atom. The summed E-state index contributed by atoms with van der Waals surface area (Å²) in [5.74, 6) is 0.257. The number of nitrogens with zero attached hydrogens (tertiary/aromatic N) is 3. The molecule has 2 saturated heterocycles. The molecule has 80 valence electrons. The molecule has 5 nitrogen and oxygen atoms in total. The topological polar surface area (TPSA) is 61.9 Å². The second kappa shape index (κ2) is 2.75. The summed E-state index contributed by atoms with van der Waals surface area (Å²) in [6.45, 7) is 4.21. The zero-order chi connectivity index (χ0) is 10.6. The largest absolute Gasteiger partial charge is 0.326 e. The van der Waals surface area contributed by atoms with Gasteiger partial charge in [0.05, 0.1) is 28.8 Å². The summed E-state index contributed by atoms with van der Waals surface area (Å²) in [6, 6.07) is 0.193. The summed E-state index contributed by atoms with van der Waals surface area (Å²) in [5.41, 5.74) is 0.933. The minimum absolute atomic E-state index is 0.121. The van der Waals surface area contributed by atoms with Gasteiger partial charge in [0.15, 0.2) is 0 Å². The van der Waals surface area contributed by atoms with E-state index in [4.69, 9.17) is 0 Å². The predicted molar refractivity (Wildman–Crippen MR) is 56.0 cm³/mol. The van der Waals surface area contributed by atoms with Gasteiger partial charge in [-0.1, -0.05) is 0 Å². The van der Waals surface area contributed by atoms with Crippen molar-refractivity contribution in [1.29, 1.82) is 0 Å². The van der Waals surface area contributed by atoms with Crippen LogP contribution >= 0.6 is 11.8 Å². The fourth-order valence-electron chi connectivity index (χ4n) is 2.33. The Morgan fingerprint density at radius 2 is 2.53 bits per heavy atom. The van der Waals surface area contributed by atoms with Crippen molar-refractivity contribution < 1.29 is 4.79 Å². The number of H-pyrrole nitrogens is 1. The van der Waals surface area contributed by atoms with Gasteiger partial charge in [0.2, 0.25) is 5.91 Å². The third-order valence-electron chi connectivity index (χ3n) is 3.47. The Labute approximate surface area is 91.6 Å². The molecule has 1 N–H and O–H groups in total. The number of amides is 1. The monoisotopic (exact) mass is 224 g/mol. The van der Waals surface area contributed by atoms with E-state index in [9.17, 15) is 4.79 Å². The number of hydrogen-bond acceptors (Lipinski definition) is 4. The standard InChI is InChI=1S/C9H12N4OS/c1-5-9(2,6-4-10-12-11-6)15-8-3-7(14)13(5)8/h4-5,8H,3H2,1-2H3,(H,10,11,12)/t5?,8-,9?/m1/s1. The van der Waals surface area contributed by atoms with Crippen molar-refractivity contribution in [2.75, 3.05) is 0 Å². The normalized spacial score (nSPS) is 39.1. The van der Waals surface area contributed by atoms with Crippen molar-refractivity contribution in [3.8, 4) is 0 Å². The van der Waals surface area contributed by atoms with Crippen LogP contribution in [0.25, 0.3) is 0 Å². The summed E-state index contributed by atoms with van der Waals surface area (Å²) in [5, 5.41) is 11.0. The summed E-state index contributed by atoms with van der Waals surface area (Å²) in [6.07, 6.45) is 2.42. The molecule has 3 heterocycles. The van der Waals surface area contributed by atoms with Gasteiger partial charge in [-0.3, -0.25) is 4.79 Å². The van der Waals surface area contributed by atoms with Crippen LogP contribution in [0.4, 0.5) is 0 Å². The van der Waals surface area contributed by atoms with E-state index < -0.39 is 0 Å². The van der Waals surface area contributed by atoms with Crippen LogP contribution in [0.3, 0.4) is 0 Å². The van der Waals surface area contributed by atoms with Crippen LogP contribution < -0.4 is 0 Å². The lowest BCUT2D eigenvalue weighted by Crippen LogP contribution is -2.52. The first-order valence-corrected chi connectivity index (χ1v) is 5.86. The van der Waals surface area contributed by atoms with Crippen molar-refractivity contribution in [3.63, 3.8) is 0 Å². The maximum Gasteiger partial charge on any atom is 0.226 e. The number of carbonyl (C=O) groups is 1. The minimum Gasteiger partial charge on any atom is -0.326 e. The predicted octanol–water partition coefficient (Wildman–Crippen LogP) is 0.714. The molecule has 0 aromatic carbocycles. The molecule has 2 unspecified atom stereocenters. The van der Waals surface area contributed by atoms with E-state index in [1.54, 1.807) is 6.20 Å². The van der Waals surface area contributed by atoms with Crippen molar-refractivity contribution in [1.82, 2.24) is 20.3 Å². The molecule has 2 aliphatic heterocycles. The van der Waals surface area contributed by atoms with Crippen LogP contribution in [0.5, 0.6) is 0 Å². The zero-order valence-corrected chi connectivity index (χ0v) is 9.41. The molecule has 3 rings (SSSR count). The van der Waals surface area contributed by atoms with Crippen LogP contribution in [-0.4, -0.2) is 37.6 Å². The Bertz CT molecular complexity index is 406. The maximum atomic E-state index is 11.4. The van der Waals surface area contributed by atoms with Gasteiger partial charge in [0.1, 0.15) is 5.69 Å². The molecule has 1 aromatic heterocycles. The number of hydrogen-bond donors (Lipinski definition) is 1. The number of thioether (sulfide) groups is 1. The Kier molecular flexibility index (Phi) is 1.69. The van der Waals surface area contributed by atoms with Crippen molar-refractivity contribution >= 4 is 17.7 Å². The molecule has 1 aromatic rings. The van der Waals surface area contributed by atoms with E-state index in [1.807, 2.05) is 16.7 Å². The van der Waals surface area contributed by atoms with Gasteiger partial charge in [0.25, 0.3) is 0 Å².